The van der Waals surface area contributed by atoms with Crippen LogP contribution in [0.3, 0.4) is 0 Å². The van der Waals surface area contributed by atoms with Crippen LogP contribution >= 0.6 is 0 Å². The lowest BCUT2D eigenvalue weighted by Gasteiger charge is -2.37. The van der Waals surface area contributed by atoms with Crippen molar-refractivity contribution in [2.75, 3.05) is 0 Å². The van der Waals surface area contributed by atoms with Crippen LogP contribution in [-0.4, -0.2) is 23.6 Å². The third-order valence-corrected chi connectivity index (χ3v) is 3.51. The lowest BCUT2D eigenvalue weighted by molar-refractivity contribution is -0.336. The van der Waals surface area contributed by atoms with Crippen molar-refractivity contribution in [1.82, 2.24) is 0 Å². The first kappa shape index (κ1) is 20.0. The summed E-state index contributed by atoms with van der Waals surface area (Å²) in [6, 6.07) is 7.37. The van der Waals surface area contributed by atoms with Gasteiger partial charge in [-0.2, -0.15) is 22.0 Å². The van der Waals surface area contributed by atoms with Crippen LogP contribution in [0, 0.1) is 0 Å². The minimum atomic E-state index is -6.13. The molecule has 0 bridgehead atoms. The molecule has 10 heteroatoms. The molecule has 1 N–H and O–H groups in total. The number of rotatable bonds is 4. The topological polar surface area (TPSA) is 29.5 Å². The third kappa shape index (κ3) is 3.59. The standard InChI is InChI=1S/C16H10F8O2/c17-14(18,15(19,20)21)13(25,10-4-2-1-3-5-10)11-6-8-12(9-7-11)26-16(22,23)24/h1-9,25H. The molecular formula is C16H10F8O2. The predicted molar refractivity (Wildman–Crippen MR) is 73.6 cm³/mol. The van der Waals surface area contributed by atoms with Gasteiger partial charge in [-0.1, -0.05) is 42.5 Å². The minimum absolute atomic E-state index is 0.508. The first-order valence-electron chi connectivity index (χ1n) is 6.88. The van der Waals surface area contributed by atoms with Crippen LogP contribution in [0.5, 0.6) is 5.75 Å². The Morgan fingerprint density at radius 2 is 1.12 bits per heavy atom. The average molecular weight is 386 g/mol. The molecule has 0 aromatic heterocycles. The maximum Gasteiger partial charge on any atom is 0.573 e. The number of ether oxygens (including phenoxy) is 1. The first-order chi connectivity index (χ1) is 11.8. The molecule has 2 aromatic carbocycles. The second-order valence-electron chi connectivity index (χ2n) is 5.22. The quantitative estimate of drug-likeness (QED) is 0.748. The minimum Gasteiger partial charge on any atom is -0.406 e. The van der Waals surface area contributed by atoms with E-state index in [2.05, 4.69) is 4.74 Å². The second kappa shape index (κ2) is 6.42. The SMILES string of the molecule is OC(c1ccccc1)(c1ccc(OC(F)(F)F)cc1)C(F)(F)C(F)(F)F. The molecule has 0 heterocycles. The van der Waals surface area contributed by atoms with Gasteiger partial charge in [-0.25, -0.2) is 0 Å². The molecule has 2 rings (SSSR count). The summed E-state index contributed by atoms with van der Waals surface area (Å²) >= 11 is 0. The van der Waals surface area contributed by atoms with E-state index in [1.807, 2.05) is 0 Å². The van der Waals surface area contributed by atoms with Gasteiger partial charge in [-0.3, -0.25) is 0 Å². The number of aliphatic hydroxyl groups is 1. The van der Waals surface area contributed by atoms with Gasteiger partial charge in [0.05, 0.1) is 0 Å². The maximum atomic E-state index is 14.1. The zero-order valence-corrected chi connectivity index (χ0v) is 12.6. The van der Waals surface area contributed by atoms with Crippen molar-refractivity contribution >= 4 is 0 Å². The lowest BCUT2D eigenvalue weighted by atomic mass is 9.80. The molecule has 2 aromatic rings. The Kier molecular flexibility index (Phi) is 4.93. The Balaban J connectivity index is 2.59. The van der Waals surface area contributed by atoms with Gasteiger partial charge in [0.2, 0.25) is 0 Å². The molecule has 142 valence electrons. The van der Waals surface area contributed by atoms with Crippen molar-refractivity contribution < 1.29 is 45.0 Å². The lowest BCUT2D eigenvalue weighted by Crippen LogP contribution is -2.55. The summed E-state index contributed by atoms with van der Waals surface area (Å²) in [5.41, 5.74) is -5.60. The van der Waals surface area contributed by atoms with Gasteiger partial charge >= 0.3 is 18.5 Å². The Morgan fingerprint density at radius 3 is 1.54 bits per heavy atom. The summed E-state index contributed by atoms with van der Waals surface area (Å²) < 4.78 is 107. The summed E-state index contributed by atoms with van der Waals surface area (Å²) in [6.45, 7) is 0. The molecule has 1 unspecified atom stereocenters. The van der Waals surface area contributed by atoms with Crippen molar-refractivity contribution in [2.24, 2.45) is 0 Å². The molecule has 0 aliphatic rings. The highest BCUT2D eigenvalue weighted by atomic mass is 19.4. The van der Waals surface area contributed by atoms with Crippen molar-refractivity contribution in [3.05, 3.63) is 65.7 Å². The van der Waals surface area contributed by atoms with E-state index in [-0.39, 0.29) is 0 Å². The van der Waals surface area contributed by atoms with E-state index in [0.29, 0.717) is 24.3 Å². The highest BCUT2D eigenvalue weighted by Gasteiger charge is 2.71. The normalized spacial score (nSPS) is 15.4. The van der Waals surface area contributed by atoms with Crippen LogP contribution in [0.2, 0.25) is 0 Å². The van der Waals surface area contributed by atoms with E-state index in [1.54, 1.807) is 0 Å². The van der Waals surface area contributed by atoms with Gasteiger partial charge in [0.15, 0.2) is 5.60 Å². The molecule has 0 aliphatic carbocycles. The van der Waals surface area contributed by atoms with Crippen molar-refractivity contribution in [3.63, 3.8) is 0 Å². The molecule has 2 nitrogen and oxygen atoms in total. The van der Waals surface area contributed by atoms with Crippen LogP contribution < -0.4 is 4.74 Å². The summed E-state index contributed by atoms with van der Waals surface area (Å²) in [4.78, 5) is 0. The number of halogens is 8. The zero-order valence-electron chi connectivity index (χ0n) is 12.6. The molecule has 26 heavy (non-hydrogen) atoms. The maximum absolute atomic E-state index is 14.1. The fraction of sp³-hybridized carbons (Fsp3) is 0.250. The van der Waals surface area contributed by atoms with Crippen LogP contribution in [0.4, 0.5) is 35.1 Å². The van der Waals surface area contributed by atoms with E-state index < -0.39 is 40.9 Å². The predicted octanol–water partition coefficient (Wildman–Crippen LogP) is 5.02. The Labute approximate surface area is 141 Å². The van der Waals surface area contributed by atoms with Crippen molar-refractivity contribution in [2.45, 2.75) is 24.1 Å². The summed E-state index contributed by atoms with van der Waals surface area (Å²) in [5.74, 6) is -6.47. The fourth-order valence-electron chi connectivity index (χ4n) is 2.31. The van der Waals surface area contributed by atoms with Gasteiger partial charge < -0.3 is 9.84 Å². The van der Waals surface area contributed by atoms with Crippen LogP contribution in [0.25, 0.3) is 0 Å². The number of alkyl halides is 8. The Morgan fingerprint density at radius 1 is 0.654 bits per heavy atom. The van der Waals surface area contributed by atoms with Crippen molar-refractivity contribution in [3.8, 4) is 5.75 Å². The molecule has 0 fully saturated rings. The van der Waals surface area contributed by atoms with Gasteiger partial charge in [-0.15, -0.1) is 13.2 Å². The van der Waals surface area contributed by atoms with Gasteiger partial charge in [0, 0.05) is 0 Å². The van der Waals surface area contributed by atoms with E-state index in [1.165, 1.54) is 6.07 Å². The van der Waals surface area contributed by atoms with Gasteiger partial charge in [0.25, 0.3) is 0 Å². The molecule has 0 aliphatic heterocycles. The van der Waals surface area contributed by atoms with E-state index in [9.17, 15) is 40.2 Å². The molecule has 0 saturated carbocycles. The Bertz CT molecular complexity index is 738. The molecule has 1 atom stereocenters. The molecule has 0 spiro atoms. The number of hydrogen-bond donors (Lipinski definition) is 1. The summed E-state index contributed by atoms with van der Waals surface area (Å²) in [6.07, 6.45) is -11.2. The Hall–Kier alpha value is -2.36. The zero-order chi connectivity index (χ0) is 19.8. The third-order valence-electron chi connectivity index (χ3n) is 3.51. The smallest absolute Gasteiger partial charge is 0.406 e. The monoisotopic (exact) mass is 386 g/mol. The summed E-state index contributed by atoms with van der Waals surface area (Å²) in [5, 5.41) is 10.4. The van der Waals surface area contributed by atoms with Gasteiger partial charge in [-0.05, 0) is 23.3 Å². The largest absolute Gasteiger partial charge is 0.573 e. The second-order valence-corrected chi connectivity index (χ2v) is 5.22. The van der Waals surface area contributed by atoms with Crippen molar-refractivity contribution in [1.29, 1.82) is 0 Å². The molecule has 0 amide bonds. The number of benzene rings is 2. The van der Waals surface area contributed by atoms with Crippen LogP contribution in [0.1, 0.15) is 11.1 Å². The van der Waals surface area contributed by atoms with Crippen LogP contribution in [-0.2, 0) is 5.60 Å². The summed E-state index contributed by atoms with van der Waals surface area (Å²) in [7, 11) is 0. The fourth-order valence-corrected chi connectivity index (χ4v) is 2.31. The molecular weight excluding hydrogens is 376 g/mol. The highest BCUT2D eigenvalue weighted by molar-refractivity contribution is 5.41. The highest BCUT2D eigenvalue weighted by Crippen LogP contribution is 2.51. The first-order valence-corrected chi connectivity index (χ1v) is 6.88. The van der Waals surface area contributed by atoms with Crippen LogP contribution in [0.15, 0.2) is 54.6 Å². The number of hydrogen-bond acceptors (Lipinski definition) is 2. The average Bonchev–Trinajstić information content (AvgIpc) is 2.53. The molecule has 0 radical (unpaired) electrons. The van der Waals surface area contributed by atoms with E-state index >= 15 is 0 Å². The van der Waals surface area contributed by atoms with Gasteiger partial charge in [0.1, 0.15) is 5.75 Å². The van der Waals surface area contributed by atoms with E-state index in [0.717, 1.165) is 24.3 Å². The molecule has 0 saturated heterocycles. The van der Waals surface area contributed by atoms with E-state index in [4.69, 9.17) is 0 Å².